The zero-order valence-corrected chi connectivity index (χ0v) is 14.5. The van der Waals surface area contributed by atoms with Crippen LogP contribution in [0.1, 0.15) is 25.7 Å². The third-order valence-electron chi connectivity index (χ3n) is 4.60. The highest BCUT2D eigenvalue weighted by Crippen LogP contribution is 2.15. The fraction of sp³-hybridized carbons (Fsp3) is 0.474. The summed E-state index contributed by atoms with van der Waals surface area (Å²) in [6, 6.07) is 10.3. The SMILES string of the molecule is O=C(NCCCN1CCCC1=O)NCCCn1ccc2ccccc21. The number of nitrogens with zero attached hydrogens (tertiary/aromatic N) is 2. The summed E-state index contributed by atoms with van der Waals surface area (Å²) in [6.45, 7) is 3.71. The van der Waals surface area contributed by atoms with Crippen LogP contribution in [0.15, 0.2) is 36.5 Å². The molecule has 6 nitrogen and oxygen atoms in total. The molecule has 1 aromatic carbocycles. The zero-order valence-electron chi connectivity index (χ0n) is 14.5. The lowest BCUT2D eigenvalue weighted by atomic mass is 10.2. The Morgan fingerprint density at radius 3 is 2.56 bits per heavy atom. The van der Waals surface area contributed by atoms with Crippen LogP contribution in [0.5, 0.6) is 0 Å². The summed E-state index contributed by atoms with van der Waals surface area (Å²) in [7, 11) is 0. The Kier molecular flexibility index (Phi) is 5.93. The number of fused-ring (bicyclic) bond motifs is 1. The van der Waals surface area contributed by atoms with Gasteiger partial charge in [-0.25, -0.2) is 4.79 Å². The Bertz CT molecular complexity index is 725. The topological polar surface area (TPSA) is 66.4 Å². The lowest BCUT2D eigenvalue weighted by molar-refractivity contribution is -0.127. The summed E-state index contributed by atoms with van der Waals surface area (Å²) in [6.07, 6.45) is 5.40. The Balaban J connectivity index is 1.27. The van der Waals surface area contributed by atoms with Crippen LogP contribution in [0.25, 0.3) is 10.9 Å². The number of para-hydroxylation sites is 1. The van der Waals surface area contributed by atoms with E-state index in [0.29, 0.717) is 19.5 Å². The number of hydrogen-bond donors (Lipinski definition) is 2. The molecular weight excluding hydrogens is 316 g/mol. The predicted molar refractivity (Wildman–Crippen MR) is 98.4 cm³/mol. The summed E-state index contributed by atoms with van der Waals surface area (Å²) in [5, 5.41) is 6.98. The van der Waals surface area contributed by atoms with Crippen molar-refractivity contribution in [1.82, 2.24) is 20.1 Å². The molecule has 6 heteroatoms. The number of carbonyl (C=O) groups is 2. The Labute approximate surface area is 148 Å². The van der Waals surface area contributed by atoms with Crippen LogP contribution >= 0.6 is 0 Å². The summed E-state index contributed by atoms with van der Waals surface area (Å²) in [5.41, 5.74) is 1.23. The number of amides is 3. The standard InChI is InChI=1S/C19H26N4O2/c24-18-8-3-12-23(18)14-5-11-21-19(25)20-10-4-13-22-15-9-16-6-1-2-7-17(16)22/h1-2,6-7,9,15H,3-5,8,10-14H2,(H2,20,21,25). The van der Waals surface area contributed by atoms with E-state index >= 15 is 0 Å². The second-order valence-corrected chi connectivity index (χ2v) is 6.44. The monoisotopic (exact) mass is 342 g/mol. The number of likely N-dealkylation sites (tertiary alicyclic amines) is 1. The third kappa shape index (κ3) is 4.75. The molecule has 0 radical (unpaired) electrons. The van der Waals surface area contributed by atoms with E-state index in [1.165, 1.54) is 10.9 Å². The molecule has 3 amide bonds. The quantitative estimate of drug-likeness (QED) is 0.723. The Hall–Kier alpha value is -2.50. The first-order valence-electron chi connectivity index (χ1n) is 9.07. The highest BCUT2D eigenvalue weighted by molar-refractivity contribution is 5.80. The number of hydrogen-bond acceptors (Lipinski definition) is 2. The van der Waals surface area contributed by atoms with Crippen LogP contribution < -0.4 is 10.6 Å². The largest absolute Gasteiger partial charge is 0.347 e. The first-order valence-corrected chi connectivity index (χ1v) is 9.07. The molecule has 0 spiro atoms. The van der Waals surface area contributed by atoms with Crippen molar-refractivity contribution < 1.29 is 9.59 Å². The third-order valence-corrected chi connectivity index (χ3v) is 4.60. The van der Waals surface area contributed by atoms with Crippen LogP contribution in [0, 0.1) is 0 Å². The number of aryl methyl sites for hydroxylation is 1. The molecule has 2 aromatic rings. The van der Waals surface area contributed by atoms with Gasteiger partial charge in [-0.1, -0.05) is 18.2 Å². The molecule has 0 saturated carbocycles. The van der Waals surface area contributed by atoms with Gasteiger partial charge < -0.3 is 20.1 Å². The number of rotatable bonds is 8. The van der Waals surface area contributed by atoms with Gasteiger partial charge in [0, 0.05) is 50.9 Å². The van der Waals surface area contributed by atoms with Crippen molar-refractivity contribution in [2.45, 2.75) is 32.2 Å². The minimum atomic E-state index is -0.134. The molecule has 1 aromatic heterocycles. The number of nitrogens with one attached hydrogen (secondary N) is 2. The van der Waals surface area contributed by atoms with Gasteiger partial charge in [-0.2, -0.15) is 0 Å². The van der Waals surface area contributed by atoms with E-state index in [-0.39, 0.29) is 11.9 Å². The zero-order chi connectivity index (χ0) is 17.5. The summed E-state index contributed by atoms with van der Waals surface area (Å²) < 4.78 is 2.21. The van der Waals surface area contributed by atoms with Crippen molar-refractivity contribution in [3.8, 4) is 0 Å². The van der Waals surface area contributed by atoms with E-state index < -0.39 is 0 Å². The highest BCUT2D eigenvalue weighted by Gasteiger charge is 2.18. The van der Waals surface area contributed by atoms with Gasteiger partial charge in [0.2, 0.25) is 5.91 Å². The molecule has 2 heterocycles. The van der Waals surface area contributed by atoms with E-state index in [4.69, 9.17) is 0 Å². The van der Waals surface area contributed by atoms with Crippen LogP contribution in [-0.2, 0) is 11.3 Å². The molecule has 0 atom stereocenters. The molecule has 0 unspecified atom stereocenters. The molecule has 0 aliphatic carbocycles. The minimum Gasteiger partial charge on any atom is -0.347 e. The first-order chi connectivity index (χ1) is 12.2. The number of benzene rings is 1. The highest BCUT2D eigenvalue weighted by atomic mass is 16.2. The average Bonchev–Trinajstić information content (AvgIpc) is 3.22. The summed E-state index contributed by atoms with van der Waals surface area (Å²) in [5.74, 6) is 0.238. The molecule has 1 aliphatic rings. The first kappa shape index (κ1) is 17.3. The molecule has 2 N–H and O–H groups in total. The number of aromatic nitrogens is 1. The summed E-state index contributed by atoms with van der Waals surface area (Å²) in [4.78, 5) is 25.1. The summed E-state index contributed by atoms with van der Waals surface area (Å²) >= 11 is 0. The van der Waals surface area contributed by atoms with Crippen LogP contribution in [-0.4, -0.2) is 47.6 Å². The van der Waals surface area contributed by atoms with Crippen molar-refractivity contribution in [2.75, 3.05) is 26.2 Å². The van der Waals surface area contributed by atoms with Gasteiger partial charge in [0.25, 0.3) is 0 Å². The molecule has 0 bridgehead atoms. The van der Waals surface area contributed by atoms with Crippen LogP contribution in [0.3, 0.4) is 0 Å². The van der Waals surface area contributed by atoms with Crippen molar-refractivity contribution in [3.63, 3.8) is 0 Å². The van der Waals surface area contributed by atoms with Gasteiger partial charge in [-0.3, -0.25) is 4.79 Å². The van der Waals surface area contributed by atoms with E-state index in [1.54, 1.807) is 0 Å². The smallest absolute Gasteiger partial charge is 0.314 e. The van der Waals surface area contributed by atoms with E-state index in [1.807, 2.05) is 17.0 Å². The fourth-order valence-electron chi connectivity index (χ4n) is 3.26. The molecule has 3 rings (SSSR count). The Morgan fingerprint density at radius 2 is 1.80 bits per heavy atom. The van der Waals surface area contributed by atoms with Crippen LogP contribution in [0.2, 0.25) is 0 Å². The average molecular weight is 342 g/mol. The van der Waals surface area contributed by atoms with Crippen molar-refractivity contribution in [3.05, 3.63) is 36.5 Å². The fourth-order valence-corrected chi connectivity index (χ4v) is 3.26. The Morgan fingerprint density at radius 1 is 1.04 bits per heavy atom. The van der Waals surface area contributed by atoms with Crippen molar-refractivity contribution >= 4 is 22.8 Å². The second kappa shape index (κ2) is 8.55. The van der Waals surface area contributed by atoms with Gasteiger partial charge in [-0.15, -0.1) is 0 Å². The normalized spacial score (nSPS) is 14.2. The molecule has 25 heavy (non-hydrogen) atoms. The van der Waals surface area contributed by atoms with Crippen molar-refractivity contribution in [2.24, 2.45) is 0 Å². The lowest BCUT2D eigenvalue weighted by Gasteiger charge is -2.15. The molecule has 1 aliphatic heterocycles. The van der Waals surface area contributed by atoms with E-state index in [2.05, 4.69) is 39.6 Å². The minimum absolute atomic E-state index is 0.134. The maximum absolute atomic E-state index is 11.8. The lowest BCUT2D eigenvalue weighted by Crippen LogP contribution is -2.38. The van der Waals surface area contributed by atoms with Crippen LogP contribution in [0.4, 0.5) is 4.79 Å². The maximum Gasteiger partial charge on any atom is 0.314 e. The van der Waals surface area contributed by atoms with Gasteiger partial charge >= 0.3 is 6.03 Å². The number of urea groups is 1. The van der Waals surface area contributed by atoms with Gasteiger partial charge in [0.05, 0.1) is 0 Å². The van der Waals surface area contributed by atoms with Crippen molar-refractivity contribution in [1.29, 1.82) is 0 Å². The number of carbonyl (C=O) groups excluding carboxylic acids is 2. The second-order valence-electron chi connectivity index (χ2n) is 6.44. The molecule has 1 fully saturated rings. The van der Waals surface area contributed by atoms with Gasteiger partial charge in [0.1, 0.15) is 0 Å². The van der Waals surface area contributed by atoms with Gasteiger partial charge in [-0.05, 0) is 36.8 Å². The molecule has 1 saturated heterocycles. The van der Waals surface area contributed by atoms with Gasteiger partial charge in [0.15, 0.2) is 0 Å². The molecular formula is C19H26N4O2. The van der Waals surface area contributed by atoms with E-state index in [0.717, 1.165) is 38.9 Å². The predicted octanol–water partition coefficient (Wildman–Crippen LogP) is 2.34. The maximum atomic E-state index is 11.8. The van der Waals surface area contributed by atoms with E-state index in [9.17, 15) is 9.59 Å². The molecule has 134 valence electrons.